The van der Waals surface area contributed by atoms with Gasteiger partial charge in [-0.15, -0.1) is 5.10 Å². The van der Waals surface area contributed by atoms with Gasteiger partial charge >= 0.3 is 0 Å². The van der Waals surface area contributed by atoms with Crippen LogP contribution in [-0.4, -0.2) is 20.2 Å². The number of halogens is 2. The second kappa shape index (κ2) is 6.72. The van der Waals surface area contributed by atoms with Gasteiger partial charge in [-0.05, 0) is 46.8 Å². The summed E-state index contributed by atoms with van der Waals surface area (Å²) in [7, 11) is 0. The lowest BCUT2D eigenvalue weighted by Gasteiger charge is -2.03. The summed E-state index contributed by atoms with van der Waals surface area (Å²) in [6.45, 7) is 0. The van der Waals surface area contributed by atoms with Gasteiger partial charge in [-0.25, -0.2) is 0 Å². The molecular weight excluding hydrogens is 366 g/mol. The summed E-state index contributed by atoms with van der Waals surface area (Å²) in [6.07, 6.45) is 3.54. The highest BCUT2D eigenvalue weighted by molar-refractivity contribution is 9.10. The van der Waals surface area contributed by atoms with Gasteiger partial charge in [0.25, 0.3) is 0 Å². The fourth-order valence-corrected chi connectivity index (χ4v) is 2.30. The number of aromatic nitrogens is 4. The van der Waals surface area contributed by atoms with Gasteiger partial charge < -0.3 is 5.32 Å². The van der Waals surface area contributed by atoms with E-state index >= 15 is 0 Å². The summed E-state index contributed by atoms with van der Waals surface area (Å²) in [4.78, 5) is 0. The molecule has 5 nitrogen and oxygen atoms in total. The van der Waals surface area contributed by atoms with Crippen LogP contribution in [0.15, 0.2) is 59.2 Å². The van der Waals surface area contributed by atoms with Crippen molar-refractivity contribution in [1.29, 1.82) is 0 Å². The van der Waals surface area contributed by atoms with Gasteiger partial charge in [-0.1, -0.05) is 39.7 Å². The van der Waals surface area contributed by atoms with E-state index in [0.717, 1.165) is 15.8 Å². The number of benzene rings is 2. The first kappa shape index (κ1) is 14.7. The third kappa shape index (κ3) is 3.35. The fraction of sp³-hybridized carbons (Fsp3) is 0. The quantitative estimate of drug-likeness (QED) is 0.743. The molecule has 0 saturated heterocycles. The number of rotatable bonds is 4. The third-order valence-corrected chi connectivity index (χ3v) is 3.77. The molecule has 0 aliphatic heterocycles. The molecule has 1 aromatic heterocycles. The van der Waals surface area contributed by atoms with E-state index in [0.29, 0.717) is 10.8 Å². The molecule has 0 fully saturated rings. The molecule has 1 heterocycles. The lowest BCUT2D eigenvalue weighted by atomic mass is 10.3. The molecule has 0 amide bonds. The van der Waals surface area contributed by atoms with Crippen molar-refractivity contribution in [3.8, 4) is 5.69 Å². The SMILES string of the molecule is Clc1ccccc1N/C=C\c1nnnn1-c1ccc(Br)cc1. The minimum Gasteiger partial charge on any atom is -0.360 e. The summed E-state index contributed by atoms with van der Waals surface area (Å²) in [6, 6.07) is 15.2. The van der Waals surface area contributed by atoms with Crippen LogP contribution < -0.4 is 5.32 Å². The van der Waals surface area contributed by atoms with E-state index in [4.69, 9.17) is 11.6 Å². The number of anilines is 1. The molecule has 0 atom stereocenters. The Kier molecular flexibility index (Phi) is 4.50. The Morgan fingerprint density at radius 3 is 2.64 bits per heavy atom. The topological polar surface area (TPSA) is 55.6 Å². The lowest BCUT2D eigenvalue weighted by molar-refractivity contribution is 0.786. The molecule has 3 aromatic rings. The van der Waals surface area contributed by atoms with Crippen LogP contribution in [0.1, 0.15) is 5.82 Å². The van der Waals surface area contributed by atoms with Crippen LogP contribution in [0.3, 0.4) is 0 Å². The zero-order valence-corrected chi connectivity index (χ0v) is 13.7. The molecule has 7 heteroatoms. The van der Waals surface area contributed by atoms with Crippen LogP contribution in [0.2, 0.25) is 5.02 Å². The second-order valence-corrected chi connectivity index (χ2v) is 5.71. The van der Waals surface area contributed by atoms with Gasteiger partial charge in [0.05, 0.1) is 16.4 Å². The van der Waals surface area contributed by atoms with Crippen molar-refractivity contribution in [2.75, 3.05) is 5.32 Å². The van der Waals surface area contributed by atoms with E-state index in [1.165, 1.54) is 0 Å². The van der Waals surface area contributed by atoms with Crippen LogP contribution in [0.5, 0.6) is 0 Å². The average Bonchev–Trinajstić information content (AvgIpc) is 2.98. The van der Waals surface area contributed by atoms with Crippen LogP contribution in [-0.2, 0) is 0 Å². The monoisotopic (exact) mass is 375 g/mol. The van der Waals surface area contributed by atoms with Crippen molar-refractivity contribution in [2.24, 2.45) is 0 Å². The predicted molar refractivity (Wildman–Crippen MR) is 91.0 cm³/mol. The van der Waals surface area contributed by atoms with Gasteiger partial charge in [0.15, 0.2) is 5.82 Å². The van der Waals surface area contributed by atoms with E-state index < -0.39 is 0 Å². The number of hydrogen-bond acceptors (Lipinski definition) is 4. The molecule has 0 aliphatic rings. The molecule has 2 aromatic carbocycles. The Hall–Kier alpha value is -2.18. The van der Waals surface area contributed by atoms with Crippen LogP contribution in [0.4, 0.5) is 5.69 Å². The van der Waals surface area contributed by atoms with Crippen LogP contribution in [0, 0.1) is 0 Å². The zero-order valence-electron chi connectivity index (χ0n) is 11.3. The Morgan fingerprint density at radius 1 is 1.09 bits per heavy atom. The standard InChI is InChI=1S/C15H11BrClN5/c16-11-5-7-12(8-6-11)22-15(19-20-21-22)9-10-18-14-4-2-1-3-13(14)17/h1-10,18H/b10-9-. The number of para-hydroxylation sites is 1. The first-order chi connectivity index (χ1) is 10.7. The molecule has 0 saturated carbocycles. The summed E-state index contributed by atoms with van der Waals surface area (Å²) >= 11 is 9.48. The van der Waals surface area contributed by atoms with Crippen LogP contribution in [0.25, 0.3) is 11.8 Å². The van der Waals surface area contributed by atoms with Gasteiger partial charge in [0.2, 0.25) is 0 Å². The third-order valence-electron chi connectivity index (χ3n) is 2.91. The maximum absolute atomic E-state index is 6.08. The van der Waals surface area contributed by atoms with Crippen molar-refractivity contribution < 1.29 is 0 Å². The van der Waals surface area contributed by atoms with Crippen molar-refractivity contribution in [3.63, 3.8) is 0 Å². The summed E-state index contributed by atoms with van der Waals surface area (Å²) in [5.74, 6) is 0.613. The highest BCUT2D eigenvalue weighted by Gasteiger charge is 2.05. The first-order valence-corrected chi connectivity index (χ1v) is 7.63. The molecular formula is C15H11BrClN5. The van der Waals surface area contributed by atoms with Crippen molar-refractivity contribution in [3.05, 3.63) is 70.1 Å². The highest BCUT2D eigenvalue weighted by Crippen LogP contribution is 2.20. The Balaban J connectivity index is 1.79. The van der Waals surface area contributed by atoms with E-state index in [9.17, 15) is 0 Å². The molecule has 0 unspecified atom stereocenters. The summed E-state index contributed by atoms with van der Waals surface area (Å²) in [5.41, 5.74) is 1.70. The summed E-state index contributed by atoms with van der Waals surface area (Å²) < 4.78 is 2.65. The van der Waals surface area contributed by atoms with Crippen molar-refractivity contribution in [2.45, 2.75) is 0 Å². The highest BCUT2D eigenvalue weighted by atomic mass is 79.9. The number of hydrogen-bond donors (Lipinski definition) is 1. The van der Waals surface area contributed by atoms with Crippen LogP contribution >= 0.6 is 27.5 Å². The molecule has 110 valence electrons. The van der Waals surface area contributed by atoms with E-state index in [1.54, 1.807) is 17.0 Å². The zero-order chi connectivity index (χ0) is 15.4. The van der Waals surface area contributed by atoms with E-state index in [1.807, 2.05) is 48.5 Å². The molecule has 22 heavy (non-hydrogen) atoms. The average molecular weight is 377 g/mol. The number of nitrogens with one attached hydrogen (secondary N) is 1. The molecule has 0 radical (unpaired) electrons. The molecule has 1 N–H and O–H groups in total. The van der Waals surface area contributed by atoms with Gasteiger partial charge in [0, 0.05) is 16.7 Å². The molecule has 0 aliphatic carbocycles. The minimum atomic E-state index is 0.613. The van der Waals surface area contributed by atoms with E-state index in [2.05, 4.69) is 36.8 Å². The smallest absolute Gasteiger partial charge is 0.181 e. The van der Waals surface area contributed by atoms with Crippen molar-refractivity contribution >= 4 is 39.3 Å². The Labute approximate surface area is 140 Å². The van der Waals surface area contributed by atoms with E-state index in [-0.39, 0.29) is 0 Å². The fourth-order valence-electron chi connectivity index (χ4n) is 1.85. The molecule has 0 spiro atoms. The number of nitrogens with zero attached hydrogens (tertiary/aromatic N) is 4. The predicted octanol–water partition coefficient (Wildman–Crippen LogP) is 4.16. The largest absolute Gasteiger partial charge is 0.360 e. The van der Waals surface area contributed by atoms with Gasteiger partial charge in [-0.3, -0.25) is 0 Å². The normalized spacial score (nSPS) is 11.0. The first-order valence-electron chi connectivity index (χ1n) is 6.46. The lowest BCUT2D eigenvalue weighted by Crippen LogP contribution is -1.99. The molecule has 3 rings (SSSR count). The van der Waals surface area contributed by atoms with Gasteiger partial charge in [-0.2, -0.15) is 4.68 Å². The second-order valence-electron chi connectivity index (χ2n) is 4.38. The van der Waals surface area contributed by atoms with Gasteiger partial charge in [0.1, 0.15) is 0 Å². The Morgan fingerprint density at radius 2 is 1.86 bits per heavy atom. The Bertz CT molecular complexity index is 798. The maximum Gasteiger partial charge on any atom is 0.181 e. The number of tetrazole rings is 1. The maximum atomic E-state index is 6.08. The summed E-state index contributed by atoms with van der Waals surface area (Å²) in [5, 5.41) is 15.5. The van der Waals surface area contributed by atoms with Crippen molar-refractivity contribution in [1.82, 2.24) is 20.2 Å². The molecule has 0 bridgehead atoms. The minimum absolute atomic E-state index is 0.613.